The highest BCUT2D eigenvalue weighted by Crippen LogP contribution is 2.35. The molecule has 0 fully saturated rings. The van der Waals surface area contributed by atoms with Crippen LogP contribution in [0.1, 0.15) is 0 Å². The number of anilines is 1. The average Bonchev–Trinajstić information content (AvgIpc) is 3.40. The summed E-state index contributed by atoms with van der Waals surface area (Å²) in [5.41, 5.74) is 1.32. The van der Waals surface area contributed by atoms with E-state index in [1.807, 2.05) is 6.07 Å². The molecule has 3 aromatic rings. The zero-order chi connectivity index (χ0) is 18.2. The van der Waals surface area contributed by atoms with E-state index in [4.69, 9.17) is 18.9 Å². The number of nitrogens with one attached hydrogen (secondary N) is 1. The van der Waals surface area contributed by atoms with E-state index in [-0.39, 0.29) is 26.0 Å². The van der Waals surface area contributed by atoms with E-state index in [1.54, 1.807) is 30.3 Å². The van der Waals surface area contributed by atoms with Gasteiger partial charge in [-0.3, -0.25) is 4.79 Å². The Balaban J connectivity index is 1.27. The van der Waals surface area contributed by atoms with Crippen LogP contribution in [0.25, 0.3) is 11.4 Å². The van der Waals surface area contributed by atoms with Crippen LogP contribution in [0.4, 0.5) is 5.69 Å². The quantitative estimate of drug-likeness (QED) is 0.738. The number of benzene rings is 2. The van der Waals surface area contributed by atoms with Gasteiger partial charge in [-0.1, -0.05) is 0 Å². The van der Waals surface area contributed by atoms with Gasteiger partial charge in [0.1, 0.15) is 6.54 Å². The summed E-state index contributed by atoms with van der Waals surface area (Å²) < 4.78 is 21.2. The molecular formula is C17H13N5O5. The summed E-state index contributed by atoms with van der Waals surface area (Å²) in [5, 5.41) is 14.9. The summed E-state index contributed by atoms with van der Waals surface area (Å²) in [7, 11) is 0. The molecule has 2 aliphatic heterocycles. The third kappa shape index (κ3) is 2.97. The highest BCUT2D eigenvalue weighted by molar-refractivity contribution is 5.90. The predicted molar refractivity (Wildman–Crippen MR) is 90.6 cm³/mol. The van der Waals surface area contributed by atoms with Crippen LogP contribution in [0.3, 0.4) is 0 Å². The van der Waals surface area contributed by atoms with Gasteiger partial charge in [-0.05, 0) is 35.5 Å². The van der Waals surface area contributed by atoms with Crippen LogP contribution in [-0.4, -0.2) is 39.7 Å². The number of carbonyl (C=O) groups is 1. The first-order valence-electron chi connectivity index (χ1n) is 8.12. The molecule has 27 heavy (non-hydrogen) atoms. The summed E-state index contributed by atoms with van der Waals surface area (Å²) >= 11 is 0. The Morgan fingerprint density at radius 1 is 0.963 bits per heavy atom. The van der Waals surface area contributed by atoms with Crippen LogP contribution in [-0.2, 0) is 11.3 Å². The number of nitrogens with zero attached hydrogens (tertiary/aromatic N) is 4. The van der Waals surface area contributed by atoms with Gasteiger partial charge in [0.05, 0.1) is 0 Å². The van der Waals surface area contributed by atoms with Crippen LogP contribution in [0.15, 0.2) is 36.4 Å². The van der Waals surface area contributed by atoms with Crippen molar-refractivity contribution in [3.63, 3.8) is 0 Å². The van der Waals surface area contributed by atoms with Gasteiger partial charge in [-0.25, -0.2) is 0 Å². The fraction of sp³-hybridized carbons (Fsp3) is 0.176. The first kappa shape index (κ1) is 15.4. The van der Waals surface area contributed by atoms with Crippen molar-refractivity contribution in [1.29, 1.82) is 0 Å². The Labute approximate surface area is 152 Å². The predicted octanol–water partition coefficient (Wildman–Crippen LogP) is 1.44. The lowest BCUT2D eigenvalue weighted by atomic mass is 10.2. The lowest BCUT2D eigenvalue weighted by Crippen LogP contribution is -2.20. The first-order valence-corrected chi connectivity index (χ1v) is 8.12. The smallest absolute Gasteiger partial charge is 0.248 e. The van der Waals surface area contributed by atoms with Gasteiger partial charge < -0.3 is 24.3 Å². The molecule has 2 aromatic carbocycles. The van der Waals surface area contributed by atoms with Crippen LogP contribution < -0.4 is 24.3 Å². The second-order valence-corrected chi connectivity index (χ2v) is 5.83. The Kier molecular flexibility index (Phi) is 3.52. The van der Waals surface area contributed by atoms with Crippen molar-refractivity contribution in [3.05, 3.63) is 36.4 Å². The van der Waals surface area contributed by atoms with E-state index in [0.29, 0.717) is 34.5 Å². The Hall–Kier alpha value is -3.82. The summed E-state index contributed by atoms with van der Waals surface area (Å²) in [4.78, 5) is 13.5. The standard InChI is InChI=1S/C17H13N5O5/c23-16(18-11-2-4-13-15(6-11)27-9-25-13)7-22-20-17(19-21-22)10-1-3-12-14(5-10)26-8-24-12/h1-6H,7-9H2,(H,18,23). The number of tetrazole rings is 1. The maximum Gasteiger partial charge on any atom is 0.248 e. The van der Waals surface area contributed by atoms with Gasteiger partial charge in [0.2, 0.25) is 25.3 Å². The topological polar surface area (TPSA) is 110 Å². The van der Waals surface area contributed by atoms with E-state index in [1.165, 1.54) is 4.80 Å². The van der Waals surface area contributed by atoms with Crippen LogP contribution in [0, 0.1) is 0 Å². The lowest BCUT2D eigenvalue weighted by Gasteiger charge is -2.05. The fourth-order valence-corrected chi connectivity index (χ4v) is 2.76. The van der Waals surface area contributed by atoms with Gasteiger partial charge in [0.15, 0.2) is 23.0 Å². The molecule has 3 heterocycles. The molecule has 1 amide bonds. The van der Waals surface area contributed by atoms with Crippen molar-refractivity contribution in [2.24, 2.45) is 0 Å². The van der Waals surface area contributed by atoms with Gasteiger partial charge in [0, 0.05) is 17.3 Å². The lowest BCUT2D eigenvalue weighted by molar-refractivity contribution is -0.117. The van der Waals surface area contributed by atoms with Crippen LogP contribution in [0.2, 0.25) is 0 Å². The SMILES string of the molecule is O=C(Cn1nnc(-c2ccc3c(c2)OCO3)n1)Nc1ccc2c(c1)OCO2. The minimum Gasteiger partial charge on any atom is -0.454 e. The number of amides is 1. The highest BCUT2D eigenvalue weighted by atomic mass is 16.7. The van der Waals surface area contributed by atoms with Gasteiger partial charge in [-0.15, -0.1) is 10.2 Å². The molecule has 136 valence electrons. The van der Waals surface area contributed by atoms with Crippen molar-refractivity contribution in [2.75, 3.05) is 18.9 Å². The monoisotopic (exact) mass is 367 g/mol. The molecule has 1 aromatic heterocycles. The molecule has 0 spiro atoms. The van der Waals surface area contributed by atoms with E-state index < -0.39 is 0 Å². The zero-order valence-corrected chi connectivity index (χ0v) is 13.9. The average molecular weight is 367 g/mol. The third-order valence-corrected chi connectivity index (χ3v) is 4.02. The minimum absolute atomic E-state index is 0.0774. The third-order valence-electron chi connectivity index (χ3n) is 4.02. The maximum absolute atomic E-state index is 12.2. The Bertz CT molecular complexity index is 1030. The van der Waals surface area contributed by atoms with Crippen molar-refractivity contribution in [1.82, 2.24) is 20.2 Å². The number of aromatic nitrogens is 4. The number of ether oxygens (including phenoxy) is 4. The molecule has 0 unspecified atom stereocenters. The van der Waals surface area contributed by atoms with Crippen molar-refractivity contribution < 1.29 is 23.7 Å². The summed E-state index contributed by atoms with van der Waals surface area (Å²) in [6.07, 6.45) is 0. The number of rotatable bonds is 4. The molecule has 2 aliphatic rings. The summed E-state index contributed by atoms with van der Waals surface area (Å²) in [6.45, 7) is 0.295. The molecular weight excluding hydrogens is 354 g/mol. The van der Waals surface area contributed by atoms with E-state index in [0.717, 1.165) is 5.56 Å². The molecule has 0 atom stereocenters. The largest absolute Gasteiger partial charge is 0.454 e. The van der Waals surface area contributed by atoms with E-state index >= 15 is 0 Å². The molecule has 10 nitrogen and oxygen atoms in total. The second-order valence-electron chi connectivity index (χ2n) is 5.83. The number of fused-ring (bicyclic) bond motifs is 2. The minimum atomic E-state index is -0.288. The van der Waals surface area contributed by atoms with E-state index in [9.17, 15) is 4.79 Å². The highest BCUT2D eigenvalue weighted by Gasteiger charge is 2.17. The Morgan fingerprint density at radius 2 is 1.67 bits per heavy atom. The fourth-order valence-electron chi connectivity index (χ4n) is 2.76. The summed E-state index contributed by atoms with van der Waals surface area (Å²) in [6, 6.07) is 10.5. The molecule has 0 aliphatic carbocycles. The molecule has 1 N–H and O–H groups in total. The number of hydrogen-bond acceptors (Lipinski definition) is 8. The van der Waals surface area contributed by atoms with Crippen LogP contribution >= 0.6 is 0 Å². The van der Waals surface area contributed by atoms with Crippen LogP contribution in [0.5, 0.6) is 23.0 Å². The molecule has 5 rings (SSSR count). The Morgan fingerprint density at radius 3 is 2.48 bits per heavy atom. The second kappa shape index (κ2) is 6.16. The first-order chi connectivity index (χ1) is 13.2. The van der Waals surface area contributed by atoms with Gasteiger partial charge >= 0.3 is 0 Å². The molecule has 0 bridgehead atoms. The molecule has 0 radical (unpaired) electrons. The van der Waals surface area contributed by atoms with Crippen molar-refractivity contribution >= 4 is 11.6 Å². The molecule has 0 saturated carbocycles. The molecule has 0 saturated heterocycles. The molecule has 10 heteroatoms. The van der Waals surface area contributed by atoms with Gasteiger partial charge in [-0.2, -0.15) is 4.80 Å². The number of hydrogen-bond donors (Lipinski definition) is 1. The van der Waals surface area contributed by atoms with Crippen molar-refractivity contribution in [3.8, 4) is 34.4 Å². The zero-order valence-electron chi connectivity index (χ0n) is 13.9. The normalized spacial score (nSPS) is 13.6. The summed E-state index contributed by atoms with van der Waals surface area (Å²) in [5.74, 6) is 2.66. The number of carbonyl (C=O) groups excluding carboxylic acids is 1. The van der Waals surface area contributed by atoms with Gasteiger partial charge in [0.25, 0.3) is 0 Å². The maximum atomic E-state index is 12.2. The van der Waals surface area contributed by atoms with Crippen molar-refractivity contribution in [2.45, 2.75) is 6.54 Å². The van der Waals surface area contributed by atoms with E-state index in [2.05, 4.69) is 20.7 Å².